The molecule has 2 aliphatic rings. The largest absolute Gasteiger partial charge is 0.490 e. The predicted molar refractivity (Wildman–Crippen MR) is 127 cm³/mol. The fraction of sp³-hybridized carbons (Fsp3) is 0.423. The van der Waals surface area contributed by atoms with Crippen molar-refractivity contribution in [1.82, 2.24) is 15.0 Å². The monoisotopic (exact) mass is 451 g/mol. The zero-order chi connectivity index (χ0) is 22.1. The first kappa shape index (κ1) is 21.5. The molecule has 6 heteroatoms. The van der Waals surface area contributed by atoms with Crippen molar-refractivity contribution in [2.75, 3.05) is 14.1 Å². The van der Waals surface area contributed by atoms with Crippen LogP contribution in [0.5, 0.6) is 5.75 Å². The molecule has 1 aromatic heterocycles. The first-order chi connectivity index (χ1) is 15.5. The lowest BCUT2D eigenvalue weighted by atomic mass is 10.0. The lowest BCUT2D eigenvalue weighted by Gasteiger charge is -2.36. The summed E-state index contributed by atoms with van der Waals surface area (Å²) in [5, 5.41) is 4.95. The minimum absolute atomic E-state index is 0.332. The van der Waals surface area contributed by atoms with Gasteiger partial charge in [-0.25, -0.2) is 0 Å². The molecule has 0 radical (unpaired) electrons. The van der Waals surface area contributed by atoms with E-state index >= 15 is 0 Å². The Kier molecular flexibility index (Phi) is 6.22. The van der Waals surface area contributed by atoms with Crippen molar-refractivity contribution in [3.8, 4) is 17.1 Å². The highest BCUT2D eigenvalue weighted by atomic mass is 35.5. The van der Waals surface area contributed by atoms with Crippen molar-refractivity contribution in [2.24, 2.45) is 0 Å². The smallest absolute Gasteiger partial charge is 0.167 e. The van der Waals surface area contributed by atoms with Crippen molar-refractivity contribution in [2.45, 2.75) is 57.0 Å². The molecule has 3 heterocycles. The van der Waals surface area contributed by atoms with Crippen LogP contribution in [-0.2, 0) is 13.1 Å². The summed E-state index contributed by atoms with van der Waals surface area (Å²) in [6.07, 6.45) is 5.23. The molecule has 168 valence electrons. The van der Waals surface area contributed by atoms with Gasteiger partial charge in [-0.2, -0.15) is 0 Å². The maximum Gasteiger partial charge on any atom is 0.167 e. The van der Waals surface area contributed by atoms with Gasteiger partial charge in [-0.1, -0.05) is 28.9 Å². The second-order valence-corrected chi connectivity index (χ2v) is 9.71. The Labute approximate surface area is 194 Å². The van der Waals surface area contributed by atoms with E-state index in [9.17, 15) is 0 Å². The molecule has 2 fully saturated rings. The molecule has 5 rings (SSSR count). The van der Waals surface area contributed by atoms with Crippen LogP contribution in [0.4, 0.5) is 0 Å². The molecule has 0 saturated carbocycles. The van der Waals surface area contributed by atoms with Gasteiger partial charge in [0.15, 0.2) is 5.76 Å². The molecule has 3 atom stereocenters. The van der Waals surface area contributed by atoms with Crippen LogP contribution in [0.25, 0.3) is 11.3 Å². The Morgan fingerprint density at radius 3 is 2.56 bits per heavy atom. The molecule has 3 aromatic rings. The zero-order valence-corrected chi connectivity index (χ0v) is 19.5. The number of benzene rings is 2. The summed E-state index contributed by atoms with van der Waals surface area (Å²) in [6, 6.07) is 19.5. The number of hydrogen-bond donors (Lipinski definition) is 0. The number of fused-ring (bicyclic) bond motifs is 2. The molecule has 2 aromatic carbocycles. The lowest BCUT2D eigenvalue weighted by molar-refractivity contribution is 0.0661. The van der Waals surface area contributed by atoms with Gasteiger partial charge in [-0.3, -0.25) is 4.90 Å². The standard InChI is InChI=1S/C26H30ClN3O2/c1-29(17-21-13-26(32-28-21)19-6-8-20(27)9-7-19)16-18-4-3-5-24(12-18)31-25-14-22-10-11-23(15-25)30(22)2/h3-9,12-13,22-23,25H,10-11,14-17H2,1-2H3/t22-,23+,25?. The van der Waals surface area contributed by atoms with Crippen LogP contribution in [0, 0.1) is 0 Å². The normalized spacial score (nSPS) is 23.1. The average Bonchev–Trinajstić information content (AvgIpc) is 3.29. The van der Waals surface area contributed by atoms with E-state index in [1.165, 1.54) is 18.4 Å². The van der Waals surface area contributed by atoms with Crippen LogP contribution >= 0.6 is 11.6 Å². The quantitative estimate of drug-likeness (QED) is 0.465. The summed E-state index contributed by atoms with van der Waals surface area (Å²) in [5.74, 6) is 1.74. The van der Waals surface area contributed by atoms with E-state index in [0.717, 1.165) is 42.2 Å². The molecular weight excluding hydrogens is 422 g/mol. The molecule has 1 unspecified atom stereocenters. The Hall–Kier alpha value is -2.34. The Morgan fingerprint density at radius 2 is 1.81 bits per heavy atom. The van der Waals surface area contributed by atoms with Gasteiger partial charge in [0.25, 0.3) is 0 Å². The van der Waals surface area contributed by atoms with E-state index in [0.29, 0.717) is 29.8 Å². The molecular formula is C26H30ClN3O2. The third-order valence-corrected chi connectivity index (χ3v) is 7.08. The highest BCUT2D eigenvalue weighted by Gasteiger charge is 2.39. The van der Waals surface area contributed by atoms with Crippen LogP contribution in [0.3, 0.4) is 0 Å². The van der Waals surface area contributed by atoms with E-state index in [2.05, 4.69) is 53.3 Å². The van der Waals surface area contributed by atoms with Crippen LogP contribution in [-0.4, -0.2) is 47.2 Å². The van der Waals surface area contributed by atoms with Gasteiger partial charge in [0.2, 0.25) is 0 Å². The van der Waals surface area contributed by atoms with E-state index < -0.39 is 0 Å². The molecule has 5 nitrogen and oxygen atoms in total. The molecule has 32 heavy (non-hydrogen) atoms. The van der Waals surface area contributed by atoms with Gasteiger partial charge in [-0.15, -0.1) is 0 Å². The molecule has 0 amide bonds. The minimum atomic E-state index is 0.332. The minimum Gasteiger partial charge on any atom is -0.490 e. The highest BCUT2D eigenvalue weighted by molar-refractivity contribution is 6.30. The molecule has 2 saturated heterocycles. The maximum atomic E-state index is 6.40. The van der Waals surface area contributed by atoms with Crippen molar-refractivity contribution in [1.29, 1.82) is 0 Å². The molecule has 0 aliphatic carbocycles. The molecule has 2 aliphatic heterocycles. The SMILES string of the molecule is CN(Cc1cccc(OC2C[C@H]3CC[C@@H](C2)N3C)c1)Cc1cc(-c2ccc(Cl)cc2)on1. The van der Waals surface area contributed by atoms with E-state index in [1.807, 2.05) is 30.3 Å². The van der Waals surface area contributed by atoms with Gasteiger partial charge < -0.3 is 14.2 Å². The summed E-state index contributed by atoms with van der Waals surface area (Å²) in [4.78, 5) is 4.78. The average molecular weight is 452 g/mol. The van der Waals surface area contributed by atoms with E-state index in [-0.39, 0.29) is 0 Å². The van der Waals surface area contributed by atoms with Crippen molar-refractivity contribution in [3.05, 3.63) is 70.9 Å². The van der Waals surface area contributed by atoms with Gasteiger partial charge in [0, 0.05) is 41.8 Å². The Morgan fingerprint density at radius 1 is 1.06 bits per heavy atom. The Balaban J connectivity index is 1.17. The first-order valence-electron chi connectivity index (χ1n) is 11.4. The second-order valence-electron chi connectivity index (χ2n) is 9.27. The van der Waals surface area contributed by atoms with E-state index in [4.69, 9.17) is 20.9 Å². The predicted octanol–water partition coefficient (Wildman–Crippen LogP) is 5.63. The third-order valence-electron chi connectivity index (χ3n) is 6.83. The zero-order valence-electron chi connectivity index (χ0n) is 18.7. The lowest BCUT2D eigenvalue weighted by Crippen LogP contribution is -2.43. The number of ether oxygens (including phenoxy) is 1. The summed E-state index contributed by atoms with van der Waals surface area (Å²) < 4.78 is 11.9. The maximum absolute atomic E-state index is 6.40. The number of nitrogens with zero attached hydrogens (tertiary/aromatic N) is 3. The van der Waals surface area contributed by atoms with Crippen LogP contribution in [0.15, 0.2) is 59.1 Å². The number of halogens is 1. The summed E-state index contributed by atoms with van der Waals surface area (Å²) in [5.41, 5.74) is 3.12. The number of hydrogen-bond acceptors (Lipinski definition) is 5. The highest BCUT2D eigenvalue weighted by Crippen LogP contribution is 2.36. The van der Waals surface area contributed by atoms with Crippen molar-refractivity contribution < 1.29 is 9.26 Å². The van der Waals surface area contributed by atoms with Gasteiger partial charge in [-0.05, 0) is 81.7 Å². The topological polar surface area (TPSA) is 41.7 Å². The van der Waals surface area contributed by atoms with Crippen molar-refractivity contribution in [3.63, 3.8) is 0 Å². The summed E-state index contributed by atoms with van der Waals surface area (Å²) >= 11 is 5.97. The fourth-order valence-corrected chi connectivity index (χ4v) is 5.27. The second kappa shape index (κ2) is 9.26. The molecule has 0 spiro atoms. The molecule has 2 bridgehead atoms. The van der Waals surface area contributed by atoms with Gasteiger partial charge >= 0.3 is 0 Å². The number of aromatic nitrogens is 1. The van der Waals surface area contributed by atoms with Crippen LogP contribution in [0.2, 0.25) is 5.02 Å². The van der Waals surface area contributed by atoms with Gasteiger partial charge in [0.1, 0.15) is 11.9 Å². The fourth-order valence-electron chi connectivity index (χ4n) is 5.15. The summed E-state index contributed by atoms with van der Waals surface area (Å²) in [7, 11) is 4.36. The summed E-state index contributed by atoms with van der Waals surface area (Å²) in [6.45, 7) is 1.53. The van der Waals surface area contributed by atoms with Crippen molar-refractivity contribution >= 4 is 11.6 Å². The Bertz CT molecular complexity index is 1040. The third kappa shape index (κ3) is 4.85. The van der Waals surface area contributed by atoms with Crippen LogP contribution in [0.1, 0.15) is 36.9 Å². The first-order valence-corrected chi connectivity index (χ1v) is 11.8. The number of piperidine rings is 1. The van der Waals surface area contributed by atoms with Crippen LogP contribution < -0.4 is 4.74 Å². The van der Waals surface area contributed by atoms with Gasteiger partial charge in [0.05, 0.1) is 5.69 Å². The molecule has 0 N–H and O–H groups in total. The van der Waals surface area contributed by atoms with E-state index in [1.54, 1.807) is 0 Å². The number of rotatable bonds is 7.